The van der Waals surface area contributed by atoms with Crippen LogP contribution in [0.4, 0.5) is 0 Å². The number of imidazole rings is 1. The third kappa shape index (κ3) is 6.21. The molecule has 3 rings (SSSR count). The fraction of sp³-hybridized carbons (Fsp3) is 0.476. The van der Waals surface area contributed by atoms with Gasteiger partial charge < -0.3 is 28.3 Å². The van der Waals surface area contributed by atoms with Gasteiger partial charge in [-0.15, -0.1) is 5.10 Å². The van der Waals surface area contributed by atoms with Crippen molar-refractivity contribution in [2.24, 2.45) is 7.05 Å². The van der Waals surface area contributed by atoms with Crippen molar-refractivity contribution < 1.29 is 42.9 Å². The molecule has 0 spiro atoms. The average Bonchev–Trinajstić information content (AvgIpc) is 3.47. The Labute approximate surface area is 199 Å². The summed E-state index contributed by atoms with van der Waals surface area (Å²) in [5.41, 5.74) is 0.440. The van der Waals surface area contributed by atoms with E-state index in [0.29, 0.717) is 5.69 Å². The largest absolute Gasteiger partial charge is 0.463 e. The van der Waals surface area contributed by atoms with Crippen molar-refractivity contribution in [2.45, 2.75) is 45.3 Å². The Balaban J connectivity index is 2.04. The molecule has 4 atom stereocenters. The summed E-state index contributed by atoms with van der Waals surface area (Å²) in [6.07, 6.45) is -1.56. The third-order valence-corrected chi connectivity index (χ3v) is 4.59. The minimum Gasteiger partial charge on any atom is -0.463 e. The van der Waals surface area contributed by atoms with Gasteiger partial charge in [0, 0.05) is 34.0 Å². The van der Waals surface area contributed by atoms with Crippen molar-refractivity contribution in [2.75, 3.05) is 13.7 Å². The van der Waals surface area contributed by atoms with E-state index in [-0.39, 0.29) is 18.3 Å². The SMILES string of the molecule is COC(=O)c1nc(C#Cc2cn(C)cn2)nn1[C@@H]1O[C@H](COC(C)=O)[C@@H](OC(C)=O)[C@H]1OC(C)=O. The number of aromatic nitrogens is 5. The first-order valence-corrected chi connectivity index (χ1v) is 10.3. The Morgan fingerprint density at radius 2 is 1.74 bits per heavy atom. The van der Waals surface area contributed by atoms with Crippen LogP contribution >= 0.6 is 0 Å². The molecule has 14 nitrogen and oxygen atoms in total. The summed E-state index contributed by atoms with van der Waals surface area (Å²) >= 11 is 0. The Kier molecular flexibility index (Phi) is 7.82. The summed E-state index contributed by atoms with van der Waals surface area (Å²) in [5, 5.41) is 4.22. The number of hydrogen-bond donors (Lipinski definition) is 0. The van der Waals surface area contributed by atoms with E-state index in [1.54, 1.807) is 24.1 Å². The number of nitrogens with zero attached hydrogens (tertiary/aromatic N) is 5. The molecular weight excluding hydrogens is 466 g/mol. The first-order chi connectivity index (χ1) is 16.6. The van der Waals surface area contributed by atoms with Crippen LogP contribution in [0.3, 0.4) is 0 Å². The zero-order valence-corrected chi connectivity index (χ0v) is 19.6. The first kappa shape index (κ1) is 25.4. The molecule has 0 N–H and O–H groups in total. The van der Waals surface area contributed by atoms with Crippen molar-refractivity contribution in [3.05, 3.63) is 29.9 Å². The molecule has 1 fully saturated rings. The van der Waals surface area contributed by atoms with E-state index < -0.39 is 48.4 Å². The predicted molar refractivity (Wildman–Crippen MR) is 112 cm³/mol. The molecular formula is C21H23N5O9. The number of methoxy groups -OCH3 is 1. The van der Waals surface area contributed by atoms with Gasteiger partial charge in [-0.1, -0.05) is 0 Å². The lowest BCUT2D eigenvalue weighted by Gasteiger charge is -2.23. The van der Waals surface area contributed by atoms with Crippen LogP contribution in [0.5, 0.6) is 0 Å². The lowest BCUT2D eigenvalue weighted by molar-refractivity contribution is -0.166. The van der Waals surface area contributed by atoms with Gasteiger partial charge in [-0.3, -0.25) is 14.4 Å². The summed E-state index contributed by atoms with van der Waals surface area (Å²) in [4.78, 5) is 55.5. The summed E-state index contributed by atoms with van der Waals surface area (Å²) in [6.45, 7) is 3.17. The van der Waals surface area contributed by atoms with Crippen LogP contribution in [0.15, 0.2) is 12.5 Å². The Morgan fingerprint density at radius 3 is 2.31 bits per heavy atom. The van der Waals surface area contributed by atoms with E-state index in [1.165, 1.54) is 6.92 Å². The molecule has 1 aliphatic rings. The summed E-state index contributed by atoms with van der Waals surface area (Å²) in [5.74, 6) is 2.18. The molecule has 0 aliphatic carbocycles. The molecule has 35 heavy (non-hydrogen) atoms. The molecule has 186 valence electrons. The van der Waals surface area contributed by atoms with Gasteiger partial charge in [-0.25, -0.2) is 14.5 Å². The van der Waals surface area contributed by atoms with Gasteiger partial charge in [0.15, 0.2) is 18.4 Å². The summed E-state index contributed by atoms with van der Waals surface area (Å²) < 4.78 is 29.1. The third-order valence-electron chi connectivity index (χ3n) is 4.59. The van der Waals surface area contributed by atoms with E-state index >= 15 is 0 Å². The maximum Gasteiger partial charge on any atom is 0.375 e. The van der Waals surface area contributed by atoms with Crippen LogP contribution in [0, 0.1) is 11.8 Å². The van der Waals surface area contributed by atoms with E-state index in [9.17, 15) is 19.2 Å². The lowest BCUT2D eigenvalue weighted by atomic mass is 10.1. The van der Waals surface area contributed by atoms with Gasteiger partial charge >= 0.3 is 23.9 Å². The molecule has 2 aromatic rings. The second-order valence-corrected chi connectivity index (χ2v) is 7.39. The van der Waals surface area contributed by atoms with Crippen molar-refractivity contribution in [3.63, 3.8) is 0 Å². The monoisotopic (exact) mass is 489 g/mol. The van der Waals surface area contributed by atoms with Gasteiger partial charge in [0.1, 0.15) is 18.4 Å². The van der Waals surface area contributed by atoms with Crippen LogP contribution < -0.4 is 0 Å². The lowest BCUT2D eigenvalue weighted by Crippen LogP contribution is -2.41. The van der Waals surface area contributed by atoms with E-state index in [1.807, 2.05) is 0 Å². The molecule has 1 aliphatic heterocycles. The first-order valence-electron chi connectivity index (χ1n) is 10.3. The molecule has 0 amide bonds. The van der Waals surface area contributed by atoms with Crippen LogP contribution in [-0.4, -0.2) is 80.2 Å². The normalized spacial score (nSPS) is 20.9. The Morgan fingerprint density at radius 1 is 1.06 bits per heavy atom. The molecule has 0 bridgehead atoms. The smallest absolute Gasteiger partial charge is 0.375 e. The minimum atomic E-state index is -1.30. The zero-order chi connectivity index (χ0) is 25.7. The predicted octanol–water partition coefficient (Wildman–Crippen LogP) is -0.478. The molecule has 0 saturated carbocycles. The van der Waals surface area contributed by atoms with Crippen molar-refractivity contribution in [1.29, 1.82) is 0 Å². The molecule has 3 heterocycles. The highest BCUT2D eigenvalue weighted by molar-refractivity contribution is 5.85. The maximum atomic E-state index is 12.4. The number of carbonyl (C=O) groups excluding carboxylic acids is 4. The van der Waals surface area contributed by atoms with Gasteiger partial charge in [0.05, 0.1) is 13.4 Å². The molecule has 2 aromatic heterocycles. The highest BCUT2D eigenvalue weighted by atomic mass is 16.7. The van der Waals surface area contributed by atoms with Crippen molar-refractivity contribution in [3.8, 4) is 11.8 Å². The van der Waals surface area contributed by atoms with Crippen molar-refractivity contribution >= 4 is 23.9 Å². The second kappa shape index (κ2) is 10.8. The van der Waals surface area contributed by atoms with Gasteiger partial charge in [0.25, 0.3) is 0 Å². The molecule has 0 radical (unpaired) electrons. The quantitative estimate of drug-likeness (QED) is 0.291. The Hall–Kier alpha value is -4.25. The number of carbonyl (C=O) groups is 4. The second-order valence-electron chi connectivity index (χ2n) is 7.39. The van der Waals surface area contributed by atoms with Crippen LogP contribution in [0.25, 0.3) is 0 Å². The topological polar surface area (TPSA) is 163 Å². The van der Waals surface area contributed by atoms with E-state index in [2.05, 4.69) is 26.9 Å². The van der Waals surface area contributed by atoms with Crippen molar-refractivity contribution in [1.82, 2.24) is 24.3 Å². The van der Waals surface area contributed by atoms with Gasteiger partial charge in [-0.2, -0.15) is 4.98 Å². The average molecular weight is 489 g/mol. The fourth-order valence-corrected chi connectivity index (χ4v) is 3.27. The fourth-order valence-electron chi connectivity index (χ4n) is 3.27. The minimum absolute atomic E-state index is 0.0753. The summed E-state index contributed by atoms with van der Waals surface area (Å²) in [7, 11) is 2.92. The van der Waals surface area contributed by atoms with Gasteiger partial charge in [-0.05, 0) is 11.8 Å². The van der Waals surface area contributed by atoms with E-state index in [0.717, 1.165) is 25.6 Å². The highest BCUT2D eigenvalue weighted by Gasteiger charge is 2.52. The number of aryl methyl sites for hydroxylation is 1. The van der Waals surface area contributed by atoms with Gasteiger partial charge in [0.2, 0.25) is 11.6 Å². The van der Waals surface area contributed by atoms with Crippen LogP contribution in [0.2, 0.25) is 0 Å². The van der Waals surface area contributed by atoms with Crippen LogP contribution in [-0.2, 0) is 45.1 Å². The standard InChI is InChI=1S/C21H23N5O9/c1-11(27)32-9-15-17(33-12(2)28)18(34-13(3)29)20(35-15)26-19(21(30)31-5)23-16(24-26)7-6-14-8-25(4)10-22-14/h8,10,15,17-18,20H,9H2,1-5H3/t15-,17-,18-,20-/m1/s1. The molecule has 14 heteroatoms. The number of esters is 4. The number of hydrogen-bond acceptors (Lipinski definition) is 12. The Bertz CT molecular complexity index is 1190. The maximum absolute atomic E-state index is 12.4. The molecule has 0 unspecified atom stereocenters. The zero-order valence-electron chi connectivity index (χ0n) is 19.6. The highest BCUT2D eigenvalue weighted by Crippen LogP contribution is 2.34. The number of rotatable bonds is 6. The van der Waals surface area contributed by atoms with E-state index in [4.69, 9.17) is 23.7 Å². The number of ether oxygens (including phenoxy) is 5. The molecule has 1 saturated heterocycles. The van der Waals surface area contributed by atoms with Crippen LogP contribution in [0.1, 0.15) is 49.1 Å². The summed E-state index contributed by atoms with van der Waals surface area (Å²) in [6, 6.07) is 0. The molecule has 0 aromatic carbocycles.